The Morgan fingerprint density at radius 3 is 2.73 bits per heavy atom. The fourth-order valence-electron chi connectivity index (χ4n) is 0.716. The maximum Gasteiger partial charge on any atom is 0.315 e. The van der Waals surface area contributed by atoms with Crippen molar-refractivity contribution in [2.75, 3.05) is 7.05 Å². The summed E-state index contributed by atoms with van der Waals surface area (Å²) in [6.45, 7) is 2.02. The van der Waals surface area contributed by atoms with Gasteiger partial charge < -0.3 is 10.6 Å². The monoisotopic (exact) mass is 154 g/mol. The molecule has 0 aromatic heterocycles. The van der Waals surface area contributed by atoms with Gasteiger partial charge >= 0.3 is 6.03 Å². The zero-order chi connectivity index (χ0) is 8.69. The molecule has 0 aromatic carbocycles. The number of hydrogen-bond acceptors (Lipinski definition) is 1. The number of amides is 2. The van der Waals surface area contributed by atoms with Gasteiger partial charge in [0.05, 0.1) is 6.04 Å². The average Bonchev–Trinajstić information content (AvgIpc) is 2.03. The molecule has 0 spiro atoms. The van der Waals surface area contributed by atoms with Crippen LogP contribution in [-0.2, 0) is 0 Å². The minimum absolute atomic E-state index is 0.139. The highest BCUT2D eigenvalue weighted by molar-refractivity contribution is 5.74. The van der Waals surface area contributed by atoms with Crippen LogP contribution < -0.4 is 10.6 Å². The second kappa shape index (κ2) is 5.60. The maximum absolute atomic E-state index is 10.7. The lowest BCUT2D eigenvalue weighted by molar-refractivity contribution is 0.240. The minimum Gasteiger partial charge on any atom is -0.341 e. The predicted molar refractivity (Wildman–Crippen MR) is 45.1 cm³/mol. The van der Waals surface area contributed by atoms with Crippen molar-refractivity contribution in [1.29, 1.82) is 0 Å². The van der Waals surface area contributed by atoms with E-state index in [1.165, 1.54) is 0 Å². The molecule has 62 valence electrons. The van der Waals surface area contributed by atoms with Crippen molar-refractivity contribution < 1.29 is 4.79 Å². The van der Waals surface area contributed by atoms with Gasteiger partial charge in [0.25, 0.3) is 0 Å². The van der Waals surface area contributed by atoms with Crippen molar-refractivity contribution in [3.8, 4) is 12.3 Å². The van der Waals surface area contributed by atoms with E-state index in [0.717, 1.165) is 12.8 Å². The third kappa shape index (κ3) is 4.26. The molecule has 1 unspecified atom stereocenters. The van der Waals surface area contributed by atoms with Crippen LogP contribution in [0, 0.1) is 12.3 Å². The molecule has 3 heteroatoms. The summed E-state index contributed by atoms with van der Waals surface area (Å²) in [5.41, 5.74) is 0. The van der Waals surface area contributed by atoms with Crippen LogP contribution >= 0.6 is 0 Å². The smallest absolute Gasteiger partial charge is 0.315 e. The summed E-state index contributed by atoms with van der Waals surface area (Å²) in [6, 6.07) is -0.360. The van der Waals surface area contributed by atoms with Gasteiger partial charge in [0.15, 0.2) is 0 Å². The van der Waals surface area contributed by atoms with Gasteiger partial charge in [-0.15, -0.1) is 6.42 Å². The van der Waals surface area contributed by atoms with Gasteiger partial charge in [-0.1, -0.05) is 19.3 Å². The molecule has 0 saturated heterocycles. The lowest BCUT2D eigenvalue weighted by atomic mass is 10.2. The van der Waals surface area contributed by atoms with E-state index in [2.05, 4.69) is 16.6 Å². The highest BCUT2D eigenvalue weighted by atomic mass is 16.2. The molecule has 2 N–H and O–H groups in total. The van der Waals surface area contributed by atoms with E-state index < -0.39 is 0 Å². The molecule has 3 nitrogen and oxygen atoms in total. The zero-order valence-corrected chi connectivity index (χ0v) is 6.98. The van der Waals surface area contributed by atoms with E-state index in [0.29, 0.717) is 0 Å². The second-order valence-corrected chi connectivity index (χ2v) is 2.23. The molecule has 2 amide bonds. The Morgan fingerprint density at radius 1 is 1.73 bits per heavy atom. The summed E-state index contributed by atoms with van der Waals surface area (Å²) < 4.78 is 0. The molecule has 0 heterocycles. The number of terminal acetylenes is 1. The van der Waals surface area contributed by atoms with Crippen molar-refractivity contribution >= 4 is 6.03 Å². The molecule has 0 aliphatic carbocycles. The van der Waals surface area contributed by atoms with Gasteiger partial charge in [0.1, 0.15) is 0 Å². The van der Waals surface area contributed by atoms with Crippen molar-refractivity contribution in [1.82, 2.24) is 10.6 Å². The molecule has 0 rings (SSSR count). The number of carbonyl (C=O) groups is 1. The second-order valence-electron chi connectivity index (χ2n) is 2.23. The highest BCUT2D eigenvalue weighted by Gasteiger charge is 2.04. The molecular weight excluding hydrogens is 140 g/mol. The van der Waals surface area contributed by atoms with E-state index in [1.807, 2.05) is 6.92 Å². The van der Waals surface area contributed by atoms with E-state index in [9.17, 15) is 4.79 Å². The van der Waals surface area contributed by atoms with Crippen LogP contribution in [0.3, 0.4) is 0 Å². The largest absolute Gasteiger partial charge is 0.341 e. The summed E-state index contributed by atoms with van der Waals surface area (Å²) in [4.78, 5) is 10.7. The van der Waals surface area contributed by atoms with Crippen LogP contribution in [0.1, 0.15) is 19.8 Å². The number of hydrogen-bond donors (Lipinski definition) is 2. The standard InChI is InChI=1S/C8H14N2O/c1-4-6-7(5-2)10-8(11)9-3/h2,7H,4,6H2,1,3H3,(H2,9,10,11). The first-order valence-corrected chi connectivity index (χ1v) is 3.69. The fourth-order valence-corrected chi connectivity index (χ4v) is 0.716. The molecule has 0 fully saturated rings. The SMILES string of the molecule is C#CC(CCC)NC(=O)NC. The van der Waals surface area contributed by atoms with E-state index >= 15 is 0 Å². The quantitative estimate of drug-likeness (QED) is 0.578. The van der Waals surface area contributed by atoms with Crippen LogP contribution in [0.15, 0.2) is 0 Å². The Hall–Kier alpha value is -1.17. The summed E-state index contributed by atoms with van der Waals surface area (Å²) in [6.07, 6.45) is 6.96. The van der Waals surface area contributed by atoms with Gasteiger partial charge in [0, 0.05) is 7.05 Å². The first kappa shape index (κ1) is 9.83. The first-order valence-electron chi connectivity index (χ1n) is 3.69. The van der Waals surface area contributed by atoms with Crippen LogP contribution in [0.5, 0.6) is 0 Å². The maximum atomic E-state index is 10.7. The summed E-state index contributed by atoms with van der Waals surface area (Å²) in [7, 11) is 1.56. The molecule has 0 radical (unpaired) electrons. The summed E-state index contributed by atoms with van der Waals surface area (Å²) in [5.74, 6) is 2.50. The number of nitrogens with one attached hydrogen (secondary N) is 2. The van der Waals surface area contributed by atoms with E-state index in [4.69, 9.17) is 6.42 Å². The Labute approximate surface area is 67.6 Å². The number of urea groups is 1. The fraction of sp³-hybridized carbons (Fsp3) is 0.625. The third-order valence-corrected chi connectivity index (χ3v) is 1.31. The van der Waals surface area contributed by atoms with Crippen LogP contribution in [0.25, 0.3) is 0 Å². The number of rotatable bonds is 3. The summed E-state index contributed by atoms with van der Waals surface area (Å²) >= 11 is 0. The predicted octanol–water partition coefficient (Wildman–Crippen LogP) is 0.717. The molecule has 11 heavy (non-hydrogen) atoms. The molecule has 0 bridgehead atoms. The van der Waals surface area contributed by atoms with Crippen molar-refractivity contribution in [3.63, 3.8) is 0 Å². The molecule has 0 aliphatic heterocycles. The Morgan fingerprint density at radius 2 is 2.36 bits per heavy atom. The van der Waals surface area contributed by atoms with Crippen LogP contribution in [0.2, 0.25) is 0 Å². The minimum atomic E-state index is -0.221. The Kier molecular flexibility index (Phi) is 5.01. The first-order chi connectivity index (χ1) is 5.24. The van der Waals surface area contributed by atoms with E-state index in [-0.39, 0.29) is 12.1 Å². The van der Waals surface area contributed by atoms with Crippen LogP contribution in [0.4, 0.5) is 4.79 Å². The Balaban J connectivity index is 3.70. The summed E-state index contributed by atoms with van der Waals surface area (Å²) in [5, 5.41) is 5.07. The Bertz CT molecular complexity index is 160. The van der Waals surface area contributed by atoms with Gasteiger partial charge in [0.2, 0.25) is 0 Å². The molecular formula is C8H14N2O. The van der Waals surface area contributed by atoms with Crippen molar-refractivity contribution in [3.05, 3.63) is 0 Å². The molecule has 0 aliphatic rings. The molecule has 0 saturated carbocycles. The normalized spacial score (nSPS) is 11.4. The van der Waals surface area contributed by atoms with Gasteiger partial charge in [-0.25, -0.2) is 4.79 Å². The van der Waals surface area contributed by atoms with Crippen molar-refractivity contribution in [2.45, 2.75) is 25.8 Å². The van der Waals surface area contributed by atoms with Gasteiger partial charge in [-0.2, -0.15) is 0 Å². The molecule has 0 aromatic rings. The number of carbonyl (C=O) groups excluding carboxylic acids is 1. The van der Waals surface area contributed by atoms with Gasteiger partial charge in [-0.05, 0) is 6.42 Å². The average molecular weight is 154 g/mol. The zero-order valence-electron chi connectivity index (χ0n) is 6.98. The van der Waals surface area contributed by atoms with Crippen LogP contribution in [-0.4, -0.2) is 19.1 Å². The molecule has 1 atom stereocenters. The third-order valence-electron chi connectivity index (χ3n) is 1.31. The topological polar surface area (TPSA) is 41.1 Å². The van der Waals surface area contributed by atoms with Gasteiger partial charge in [-0.3, -0.25) is 0 Å². The van der Waals surface area contributed by atoms with Crippen molar-refractivity contribution in [2.24, 2.45) is 0 Å². The lowest BCUT2D eigenvalue weighted by Crippen LogP contribution is -2.39. The highest BCUT2D eigenvalue weighted by Crippen LogP contribution is 1.93. The lowest BCUT2D eigenvalue weighted by Gasteiger charge is -2.10. The van der Waals surface area contributed by atoms with E-state index in [1.54, 1.807) is 7.05 Å².